The minimum Gasteiger partial charge on any atom is -0.304 e. The van der Waals surface area contributed by atoms with E-state index in [0.717, 1.165) is 6.04 Å². The van der Waals surface area contributed by atoms with Crippen LogP contribution in [0, 0.1) is 0 Å². The molecule has 0 aromatic rings. The molecule has 10 heavy (non-hydrogen) atoms. The molecule has 0 aromatic heterocycles. The Hall–Kier alpha value is -0.0400. The van der Waals surface area contributed by atoms with Gasteiger partial charge in [0.1, 0.15) is 0 Å². The highest BCUT2D eigenvalue weighted by molar-refractivity contribution is 4.66. The second-order valence-corrected chi connectivity index (χ2v) is 3.53. The van der Waals surface area contributed by atoms with Crippen LogP contribution in [-0.4, -0.2) is 24.5 Å². The van der Waals surface area contributed by atoms with Crippen molar-refractivity contribution < 1.29 is 0 Å². The van der Waals surface area contributed by atoms with E-state index in [9.17, 15) is 0 Å². The molecule has 0 saturated carbocycles. The van der Waals surface area contributed by atoms with Crippen LogP contribution in [-0.2, 0) is 0 Å². The lowest BCUT2D eigenvalue weighted by molar-refractivity contribution is 0.222. The first-order valence-electron chi connectivity index (χ1n) is 4.51. The van der Waals surface area contributed by atoms with E-state index in [-0.39, 0.29) is 0 Å². The molecule has 0 aromatic carbocycles. The molecule has 0 aliphatic carbocycles. The fourth-order valence-corrected chi connectivity index (χ4v) is 1.60. The Morgan fingerprint density at radius 2 is 1.80 bits per heavy atom. The Bertz CT molecular complexity index is 78.7. The third kappa shape index (κ3) is 2.30. The van der Waals surface area contributed by atoms with E-state index < -0.39 is 0 Å². The highest BCUT2D eigenvalue weighted by Crippen LogP contribution is 2.13. The smallest absolute Gasteiger partial charge is 0.00638 e. The summed E-state index contributed by atoms with van der Waals surface area (Å²) in [5.41, 5.74) is 0. The lowest BCUT2D eigenvalue weighted by Gasteiger charge is -2.26. The Balaban J connectivity index is 2.28. The molecular formula is C9H19N. The number of rotatable bonds is 0. The maximum absolute atomic E-state index is 2.49. The Morgan fingerprint density at radius 3 is 2.60 bits per heavy atom. The van der Waals surface area contributed by atoms with Gasteiger partial charge < -0.3 is 4.90 Å². The molecule has 1 saturated heterocycles. The molecule has 0 radical (unpaired) electrons. The number of hydrogen-bond donors (Lipinski definition) is 0. The lowest BCUT2D eigenvalue weighted by Crippen LogP contribution is -2.30. The van der Waals surface area contributed by atoms with E-state index >= 15 is 0 Å². The molecule has 1 nitrogen and oxygen atoms in total. The van der Waals surface area contributed by atoms with Gasteiger partial charge in [-0.3, -0.25) is 0 Å². The number of hydrogen-bond acceptors (Lipinski definition) is 1. The van der Waals surface area contributed by atoms with E-state index in [1.165, 1.54) is 38.6 Å². The molecule has 60 valence electrons. The maximum atomic E-state index is 2.49. The van der Waals surface area contributed by atoms with Gasteiger partial charge in [-0.05, 0) is 33.4 Å². The molecular weight excluding hydrogens is 122 g/mol. The average Bonchev–Trinajstić information content (AvgIpc) is 1.92. The van der Waals surface area contributed by atoms with Crippen molar-refractivity contribution in [3.63, 3.8) is 0 Å². The summed E-state index contributed by atoms with van der Waals surface area (Å²) in [6.45, 7) is 3.65. The summed E-state index contributed by atoms with van der Waals surface area (Å²) in [5.74, 6) is 0. The van der Waals surface area contributed by atoms with Crippen molar-refractivity contribution in [1.29, 1.82) is 0 Å². The predicted octanol–water partition coefficient (Wildman–Crippen LogP) is 2.27. The molecule has 0 spiro atoms. The van der Waals surface area contributed by atoms with Crippen molar-refractivity contribution >= 4 is 0 Å². The molecule has 1 atom stereocenters. The van der Waals surface area contributed by atoms with Gasteiger partial charge in [-0.25, -0.2) is 0 Å². The third-order valence-corrected chi connectivity index (χ3v) is 2.64. The van der Waals surface area contributed by atoms with Gasteiger partial charge in [0, 0.05) is 6.04 Å². The second kappa shape index (κ2) is 3.97. The summed E-state index contributed by atoms with van der Waals surface area (Å²) in [6.07, 6.45) is 7.14. The molecule has 0 bridgehead atoms. The Kier molecular flexibility index (Phi) is 3.20. The number of likely N-dealkylation sites (tertiary alicyclic amines) is 1. The predicted molar refractivity (Wildman–Crippen MR) is 45.2 cm³/mol. The van der Waals surface area contributed by atoms with Crippen molar-refractivity contribution in [2.24, 2.45) is 0 Å². The average molecular weight is 141 g/mol. The monoisotopic (exact) mass is 141 g/mol. The molecule has 1 rings (SSSR count). The van der Waals surface area contributed by atoms with E-state index in [1.54, 1.807) is 0 Å². The van der Waals surface area contributed by atoms with Gasteiger partial charge in [-0.15, -0.1) is 0 Å². The fraction of sp³-hybridized carbons (Fsp3) is 1.00. The zero-order valence-corrected chi connectivity index (χ0v) is 7.27. The van der Waals surface area contributed by atoms with Gasteiger partial charge in [0.05, 0.1) is 0 Å². The normalized spacial score (nSPS) is 31.2. The van der Waals surface area contributed by atoms with Crippen LogP contribution in [0.15, 0.2) is 0 Å². The van der Waals surface area contributed by atoms with Crippen LogP contribution >= 0.6 is 0 Å². The van der Waals surface area contributed by atoms with Crippen molar-refractivity contribution in [2.75, 3.05) is 13.6 Å². The summed E-state index contributed by atoms with van der Waals surface area (Å²) in [4.78, 5) is 2.49. The van der Waals surface area contributed by atoms with Crippen LogP contribution in [0.2, 0.25) is 0 Å². The summed E-state index contributed by atoms with van der Waals surface area (Å²) in [7, 11) is 2.25. The van der Waals surface area contributed by atoms with Gasteiger partial charge in [0.25, 0.3) is 0 Å². The molecule has 1 aliphatic rings. The summed E-state index contributed by atoms with van der Waals surface area (Å²) in [6, 6.07) is 0.820. The van der Waals surface area contributed by atoms with E-state index in [4.69, 9.17) is 0 Å². The van der Waals surface area contributed by atoms with Crippen LogP contribution in [0.3, 0.4) is 0 Å². The minimum absolute atomic E-state index is 0.820. The minimum atomic E-state index is 0.820. The molecule has 0 N–H and O–H groups in total. The fourth-order valence-electron chi connectivity index (χ4n) is 1.60. The molecule has 1 fully saturated rings. The van der Waals surface area contributed by atoms with E-state index in [2.05, 4.69) is 18.9 Å². The van der Waals surface area contributed by atoms with Crippen LogP contribution in [0.25, 0.3) is 0 Å². The molecule has 0 unspecified atom stereocenters. The first-order chi connectivity index (χ1) is 4.80. The lowest BCUT2D eigenvalue weighted by atomic mass is 10.0. The largest absolute Gasteiger partial charge is 0.304 e. The van der Waals surface area contributed by atoms with Gasteiger partial charge in [0.2, 0.25) is 0 Å². The van der Waals surface area contributed by atoms with Crippen molar-refractivity contribution in [3.05, 3.63) is 0 Å². The van der Waals surface area contributed by atoms with E-state index in [1.807, 2.05) is 0 Å². The van der Waals surface area contributed by atoms with E-state index in [0.29, 0.717) is 0 Å². The molecule has 1 aliphatic heterocycles. The first kappa shape index (κ1) is 8.06. The van der Waals surface area contributed by atoms with Crippen LogP contribution in [0.1, 0.15) is 39.0 Å². The Labute approximate surface area is 64.4 Å². The molecule has 1 heteroatoms. The van der Waals surface area contributed by atoms with Crippen LogP contribution in [0.4, 0.5) is 0 Å². The summed E-state index contributed by atoms with van der Waals surface area (Å²) < 4.78 is 0. The van der Waals surface area contributed by atoms with Crippen LogP contribution < -0.4 is 0 Å². The topological polar surface area (TPSA) is 3.24 Å². The summed E-state index contributed by atoms with van der Waals surface area (Å²) in [5, 5.41) is 0. The van der Waals surface area contributed by atoms with Crippen molar-refractivity contribution in [1.82, 2.24) is 4.90 Å². The van der Waals surface area contributed by atoms with Crippen LogP contribution in [0.5, 0.6) is 0 Å². The molecule has 1 heterocycles. The van der Waals surface area contributed by atoms with Crippen molar-refractivity contribution in [2.45, 2.75) is 45.1 Å². The summed E-state index contributed by atoms with van der Waals surface area (Å²) >= 11 is 0. The van der Waals surface area contributed by atoms with Gasteiger partial charge >= 0.3 is 0 Å². The Morgan fingerprint density at radius 1 is 1.10 bits per heavy atom. The molecule has 0 amide bonds. The van der Waals surface area contributed by atoms with Gasteiger partial charge in [-0.2, -0.15) is 0 Å². The highest BCUT2D eigenvalue weighted by atomic mass is 15.1. The zero-order valence-electron chi connectivity index (χ0n) is 7.27. The second-order valence-electron chi connectivity index (χ2n) is 3.53. The van der Waals surface area contributed by atoms with Gasteiger partial charge in [-0.1, -0.05) is 19.3 Å². The SMILES string of the molecule is C[C@@H]1CCCCCCN1C. The maximum Gasteiger partial charge on any atom is 0.00638 e. The standard InChI is InChI=1S/C9H19N/c1-9-7-5-3-4-6-8-10(9)2/h9H,3-8H2,1-2H3/t9-/m1/s1. The third-order valence-electron chi connectivity index (χ3n) is 2.64. The highest BCUT2D eigenvalue weighted by Gasteiger charge is 2.10. The first-order valence-corrected chi connectivity index (χ1v) is 4.51. The van der Waals surface area contributed by atoms with Gasteiger partial charge in [0.15, 0.2) is 0 Å². The number of nitrogens with zero attached hydrogens (tertiary/aromatic N) is 1. The van der Waals surface area contributed by atoms with Crippen molar-refractivity contribution in [3.8, 4) is 0 Å². The quantitative estimate of drug-likeness (QED) is 0.500. The zero-order chi connectivity index (χ0) is 7.40.